The van der Waals surface area contributed by atoms with Gasteiger partial charge in [0.25, 0.3) is 0 Å². The van der Waals surface area contributed by atoms with Gasteiger partial charge in [-0.2, -0.15) is 4.98 Å². The minimum absolute atomic E-state index is 0.734. The highest BCUT2D eigenvalue weighted by molar-refractivity contribution is 5.51. The fourth-order valence-electron chi connectivity index (χ4n) is 2.55. The predicted octanol–water partition coefficient (Wildman–Crippen LogP) is 0.916. The van der Waals surface area contributed by atoms with Crippen LogP contribution in [0.4, 0.5) is 11.9 Å². The highest BCUT2D eigenvalue weighted by Gasteiger charge is 2.21. The van der Waals surface area contributed by atoms with Gasteiger partial charge >= 0.3 is 0 Å². The van der Waals surface area contributed by atoms with Crippen LogP contribution in [0.1, 0.15) is 0 Å². The van der Waals surface area contributed by atoms with Crippen LogP contribution in [0.2, 0.25) is 0 Å². The second kappa shape index (κ2) is 5.47. The molecule has 1 saturated heterocycles. The normalized spacial score (nSPS) is 15.3. The first kappa shape index (κ1) is 12.8. The fourth-order valence-corrected chi connectivity index (χ4v) is 2.55. The average Bonchev–Trinajstić information content (AvgIpc) is 3.27. The summed E-state index contributed by atoms with van der Waals surface area (Å²) in [6.07, 6.45) is 5.41. The number of nitrogens with zero attached hydrogens (tertiary/aromatic N) is 6. The second-order valence-electron chi connectivity index (χ2n) is 5.09. The Bertz CT molecular complexity index is 712. The summed E-state index contributed by atoms with van der Waals surface area (Å²) in [7, 11) is 0. The highest BCUT2D eigenvalue weighted by atomic mass is 15.4. The van der Waals surface area contributed by atoms with Crippen molar-refractivity contribution in [3.8, 4) is 11.5 Å². The lowest BCUT2D eigenvalue weighted by Crippen LogP contribution is -2.47. The van der Waals surface area contributed by atoms with E-state index < -0.39 is 0 Å². The largest absolute Gasteiger partial charge is 0.359 e. The third-order valence-corrected chi connectivity index (χ3v) is 3.72. The van der Waals surface area contributed by atoms with Crippen molar-refractivity contribution in [3.05, 3.63) is 36.8 Å². The van der Waals surface area contributed by atoms with E-state index in [1.165, 1.54) is 0 Å². The number of nitrogens with one attached hydrogen (secondary N) is 2. The summed E-state index contributed by atoms with van der Waals surface area (Å²) >= 11 is 0. The van der Waals surface area contributed by atoms with E-state index in [-0.39, 0.29) is 0 Å². The van der Waals surface area contributed by atoms with Crippen LogP contribution in [0.25, 0.3) is 11.5 Å². The molecule has 0 aliphatic carbocycles. The van der Waals surface area contributed by atoms with Crippen molar-refractivity contribution >= 4 is 11.9 Å². The molecule has 0 saturated carbocycles. The Morgan fingerprint density at radius 2 is 1.64 bits per heavy atom. The summed E-state index contributed by atoms with van der Waals surface area (Å²) in [5.41, 5.74) is 0.940. The molecule has 0 atom stereocenters. The van der Waals surface area contributed by atoms with E-state index in [0.717, 1.165) is 49.6 Å². The molecule has 0 spiro atoms. The van der Waals surface area contributed by atoms with Gasteiger partial charge in [0.1, 0.15) is 0 Å². The number of piperazine rings is 1. The number of hydrogen-bond acceptors (Lipinski definition) is 6. The van der Waals surface area contributed by atoms with Crippen LogP contribution < -0.4 is 9.80 Å². The summed E-state index contributed by atoms with van der Waals surface area (Å²) in [6, 6.07) is 5.74. The number of hydrogen-bond donors (Lipinski definition) is 2. The molecule has 0 amide bonds. The number of aromatic nitrogens is 6. The van der Waals surface area contributed by atoms with E-state index in [1.807, 2.05) is 24.4 Å². The second-order valence-corrected chi connectivity index (χ2v) is 5.09. The molecule has 0 unspecified atom stereocenters. The molecule has 3 aromatic heterocycles. The molecule has 0 bridgehead atoms. The average molecular weight is 296 g/mol. The first-order valence-electron chi connectivity index (χ1n) is 7.23. The molecule has 8 heteroatoms. The molecule has 0 radical (unpaired) electrons. The van der Waals surface area contributed by atoms with E-state index in [9.17, 15) is 0 Å². The topological polar surface area (TPSA) is 89.6 Å². The van der Waals surface area contributed by atoms with Gasteiger partial charge in [-0.3, -0.25) is 5.10 Å². The molecular weight excluding hydrogens is 280 g/mol. The van der Waals surface area contributed by atoms with Crippen LogP contribution in [-0.4, -0.2) is 56.3 Å². The van der Waals surface area contributed by atoms with Gasteiger partial charge in [0.15, 0.2) is 5.82 Å². The molecule has 4 heterocycles. The van der Waals surface area contributed by atoms with Crippen LogP contribution in [0.3, 0.4) is 0 Å². The van der Waals surface area contributed by atoms with Crippen LogP contribution in [0, 0.1) is 0 Å². The van der Waals surface area contributed by atoms with Crippen LogP contribution in [0.5, 0.6) is 0 Å². The minimum Gasteiger partial charge on any atom is -0.359 e. The molecule has 1 fully saturated rings. The van der Waals surface area contributed by atoms with Crippen molar-refractivity contribution in [3.63, 3.8) is 0 Å². The van der Waals surface area contributed by atoms with E-state index >= 15 is 0 Å². The zero-order chi connectivity index (χ0) is 14.8. The molecule has 0 aromatic carbocycles. The third kappa shape index (κ3) is 2.39. The molecule has 22 heavy (non-hydrogen) atoms. The van der Waals surface area contributed by atoms with E-state index in [2.05, 4.69) is 39.9 Å². The molecular formula is C14H16N8. The molecule has 1 aliphatic heterocycles. The Hall–Kier alpha value is -2.90. The summed E-state index contributed by atoms with van der Waals surface area (Å²) < 4.78 is 0. The van der Waals surface area contributed by atoms with E-state index in [1.54, 1.807) is 12.4 Å². The maximum atomic E-state index is 4.55. The van der Waals surface area contributed by atoms with Crippen molar-refractivity contribution < 1.29 is 0 Å². The summed E-state index contributed by atoms with van der Waals surface area (Å²) in [6.45, 7) is 3.41. The lowest BCUT2D eigenvalue weighted by atomic mass is 10.3. The predicted molar refractivity (Wildman–Crippen MR) is 82.6 cm³/mol. The van der Waals surface area contributed by atoms with E-state index in [4.69, 9.17) is 0 Å². The molecule has 2 N–H and O–H groups in total. The Morgan fingerprint density at radius 1 is 0.909 bits per heavy atom. The van der Waals surface area contributed by atoms with Crippen molar-refractivity contribution in [2.75, 3.05) is 36.0 Å². The third-order valence-electron chi connectivity index (χ3n) is 3.72. The first-order chi connectivity index (χ1) is 10.9. The lowest BCUT2D eigenvalue weighted by Gasteiger charge is -2.33. The van der Waals surface area contributed by atoms with Gasteiger partial charge in [-0.1, -0.05) is 0 Å². The van der Waals surface area contributed by atoms with Gasteiger partial charge in [-0.05, 0) is 18.2 Å². The summed E-state index contributed by atoms with van der Waals surface area (Å²) in [4.78, 5) is 20.6. The van der Waals surface area contributed by atoms with Crippen molar-refractivity contribution in [1.82, 2.24) is 30.1 Å². The van der Waals surface area contributed by atoms with Crippen LogP contribution >= 0.6 is 0 Å². The zero-order valence-corrected chi connectivity index (χ0v) is 12.0. The Kier molecular flexibility index (Phi) is 3.19. The fraction of sp³-hybridized carbons (Fsp3) is 0.286. The molecule has 4 rings (SSSR count). The zero-order valence-electron chi connectivity index (χ0n) is 12.0. The molecule has 8 nitrogen and oxygen atoms in total. The minimum atomic E-state index is 0.734. The van der Waals surface area contributed by atoms with Gasteiger partial charge in [0.05, 0.1) is 5.69 Å². The number of anilines is 2. The Morgan fingerprint density at radius 3 is 2.32 bits per heavy atom. The smallest absolute Gasteiger partial charge is 0.245 e. The van der Waals surface area contributed by atoms with Gasteiger partial charge in [0.2, 0.25) is 11.9 Å². The maximum absolute atomic E-state index is 4.55. The first-order valence-corrected chi connectivity index (χ1v) is 7.23. The maximum Gasteiger partial charge on any atom is 0.245 e. The standard InChI is InChI=1S/C14H16N8/c1-3-11(15-4-1)12-18-14(20-19-12)22-9-7-21(8-10-22)13-16-5-2-6-17-13/h1-6,15H,7-10H2,(H,18,19,20). The SMILES string of the molecule is c1cnc(N2CCN(c3n[nH]c(-c4ccc[nH]4)n3)CC2)nc1. The highest BCUT2D eigenvalue weighted by Crippen LogP contribution is 2.18. The van der Waals surface area contributed by atoms with Crippen molar-refractivity contribution in [1.29, 1.82) is 0 Å². The summed E-state index contributed by atoms with van der Waals surface area (Å²) in [5, 5.41) is 7.29. The molecule has 1 aliphatic rings. The monoisotopic (exact) mass is 296 g/mol. The van der Waals surface area contributed by atoms with Crippen molar-refractivity contribution in [2.45, 2.75) is 0 Å². The van der Waals surface area contributed by atoms with E-state index in [0.29, 0.717) is 0 Å². The Labute approximate surface area is 127 Å². The summed E-state index contributed by atoms with van der Waals surface area (Å²) in [5.74, 6) is 2.27. The lowest BCUT2D eigenvalue weighted by molar-refractivity contribution is 0.629. The quantitative estimate of drug-likeness (QED) is 0.747. The van der Waals surface area contributed by atoms with Gasteiger partial charge in [0, 0.05) is 44.8 Å². The van der Waals surface area contributed by atoms with Gasteiger partial charge < -0.3 is 14.8 Å². The molecule has 3 aromatic rings. The van der Waals surface area contributed by atoms with Gasteiger partial charge in [-0.25, -0.2) is 9.97 Å². The Balaban J connectivity index is 1.44. The number of aromatic amines is 2. The number of H-pyrrole nitrogens is 2. The van der Waals surface area contributed by atoms with Crippen molar-refractivity contribution in [2.24, 2.45) is 0 Å². The van der Waals surface area contributed by atoms with Crippen LogP contribution in [0.15, 0.2) is 36.8 Å². The van der Waals surface area contributed by atoms with Gasteiger partial charge in [-0.15, -0.1) is 5.10 Å². The number of rotatable bonds is 3. The van der Waals surface area contributed by atoms with Crippen LogP contribution in [-0.2, 0) is 0 Å². The molecule has 112 valence electrons.